The quantitative estimate of drug-likeness (QED) is 0.719. The molecule has 162 valence electrons. The number of anilines is 1. The van der Waals surface area contributed by atoms with Gasteiger partial charge in [0.15, 0.2) is 9.84 Å². The van der Waals surface area contributed by atoms with E-state index in [4.69, 9.17) is 4.74 Å². The van der Waals surface area contributed by atoms with Gasteiger partial charge in [0.2, 0.25) is 15.9 Å². The number of carbonyl (C=O) groups excluding carboxylic acids is 1. The van der Waals surface area contributed by atoms with E-state index in [1.54, 1.807) is 12.1 Å². The lowest BCUT2D eigenvalue weighted by molar-refractivity contribution is -0.120. The summed E-state index contributed by atoms with van der Waals surface area (Å²) in [5.41, 5.74) is 0.461. The summed E-state index contributed by atoms with van der Waals surface area (Å²) in [5, 5.41) is 2.75. The molecule has 0 aromatic heterocycles. The minimum Gasteiger partial charge on any atom is -0.497 e. The Hall–Kier alpha value is -2.43. The van der Waals surface area contributed by atoms with Crippen LogP contribution in [0.3, 0.4) is 0 Å². The summed E-state index contributed by atoms with van der Waals surface area (Å²) in [6.45, 7) is 0.433. The van der Waals surface area contributed by atoms with Crippen LogP contribution in [0.15, 0.2) is 58.3 Å². The van der Waals surface area contributed by atoms with Crippen LogP contribution in [0.4, 0.5) is 5.69 Å². The Morgan fingerprint density at radius 3 is 2.17 bits per heavy atom. The summed E-state index contributed by atoms with van der Waals surface area (Å²) in [6, 6.07) is 12.0. The fourth-order valence-electron chi connectivity index (χ4n) is 3.30. The summed E-state index contributed by atoms with van der Waals surface area (Å²) in [7, 11) is -5.53. The Labute approximate surface area is 176 Å². The summed E-state index contributed by atoms with van der Waals surface area (Å²) in [4.78, 5) is 13.0. The lowest BCUT2D eigenvalue weighted by Gasteiger charge is -2.31. The number of amides is 1. The molecular formula is C20H24N2O6S2. The molecule has 1 heterocycles. The average molecular weight is 453 g/mol. The first kappa shape index (κ1) is 22.3. The highest BCUT2D eigenvalue weighted by Gasteiger charge is 2.33. The van der Waals surface area contributed by atoms with Crippen molar-refractivity contribution in [3.8, 4) is 5.75 Å². The predicted octanol–water partition coefficient (Wildman–Crippen LogP) is 2.14. The van der Waals surface area contributed by atoms with Crippen LogP contribution in [0.2, 0.25) is 0 Å². The zero-order valence-electron chi connectivity index (χ0n) is 16.7. The van der Waals surface area contributed by atoms with Crippen molar-refractivity contribution in [3.63, 3.8) is 0 Å². The molecule has 1 aliphatic heterocycles. The molecule has 1 atom stereocenters. The second kappa shape index (κ2) is 8.75. The van der Waals surface area contributed by atoms with Crippen LogP contribution < -0.4 is 10.1 Å². The van der Waals surface area contributed by atoms with Gasteiger partial charge in [-0.1, -0.05) is 0 Å². The van der Waals surface area contributed by atoms with Crippen molar-refractivity contribution in [1.82, 2.24) is 4.31 Å². The number of hydrogen-bond acceptors (Lipinski definition) is 6. The van der Waals surface area contributed by atoms with Crippen molar-refractivity contribution in [2.75, 3.05) is 31.8 Å². The number of sulfonamides is 1. The first-order valence-electron chi connectivity index (χ1n) is 9.36. The molecule has 1 amide bonds. The van der Waals surface area contributed by atoms with E-state index in [0.29, 0.717) is 30.8 Å². The van der Waals surface area contributed by atoms with Crippen LogP contribution in [-0.2, 0) is 24.7 Å². The largest absolute Gasteiger partial charge is 0.497 e. The lowest BCUT2D eigenvalue weighted by Crippen LogP contribution is -2.43. The standard InChI is InChI=1S/C20H24N2O6S2/c1-28-17-7-11-19(12-8-17)30(26,27)22-13-3-4-15(14-22)20(23)21-16-5-9-18(10-6-16)29(2,24)25/h5-12,15H,3-4,13-14H2,1-2H3,(H,21,23). The Balaban J connectivity index is 1.69. The minimum absolute atomic E-state index is 0.0849. The first-order chi connectivity index (χ1) is 14.1. The molecule has 0 radical (unpaired) electrons. The molecular weight excluding hydrogens is 428 g/mol. The number of methoxy groups -OCH3 is 1. The number of benzene rings is 2. The first-order valence-corrected chi connectivity index (χ1v) is 12.7. The van der Waals surface area contributed by atoms with Crippen molar-refractivity contribution in [2.24, 2.45) is 5.92 Å². The second-order valence-corrected chi connectivity index (χ2v) is 11.1. The number of piperidine rings is 1. The topological polar surface area (TPSA) is 110 Å². The number of carbonyl (C=O) groups is 1. The third-order valence-corrected chi connectivity index (χ3v) is 8.01. The highest BCUT2D eigenvalue weighted by Crippen LogP contribution is 2.26. The monoisotopic (exact) mass is 452 g/mol. The Bertz CT molecular complexity index is 1110. The zero-order chi connectivity index (χ0) is 21.9. The van der Waals surface area contributed by atoms with E-state index in [2.05, 4.69) is 5.32 Å². The lowest BCUT2D eigenvalue weighted by atomic mass is 9.99. The van der Waals surface area contributed by atoms with Crippen LogP contribution >= 0.6 is 0 Å². The maximum Gasteiger partial charge on any atom is 0.243 e. The van der Waals surface area contributed by atoms with Gasteiger partial charge in [-0.25, -0.2) is 16.8 Å². The van der Waals surface area contributed by atoms with Gasteiger partial charge in [-0.15, -0.1) is 0 Å². The number of sulfone groups is 1. The Morgan fingerprint density at radius 2 is 1.60 bits per heavy atom. The number of hydrogen-bond donors (Lipinski definition) is 1. The molecule has 1 aliphatic rings. The maximum atomic E-state index is 12.9. The zero-order valence-corrected chi connectivity index (χ0v) is 18.4. The van der Waals surface area contributed by atoms with Crippen LogP contribution in [-0.4, -0.2) is 53.5 Å². The van der Waals surface area contributed by atoms with Gasteiger partial charge in [0.05, 0.1) is 22.8 Å². The van der Waals surface area contributed by atoms with Crippen molar-refractivity contribution < 1.29 is 26.4 Å². The van der Waals surface area contributed by atoms with Crippen molar-refractivity contribution >= 4 is 31.5 Å². The second-order valence-electron chi connectivity index (χ2n) is 7.16. The van der Waals surface area contributed by atoms with Gasteiger partial charge in [-0.2, -0.15) is 4.31 Å². The summed E-state index contributed by atoms with van der Waals surface area (Å²) < 4.78 is 55.4. The fraction of sp³-hybridized carbons (Fsp3) is 0.350. The van der Waals surface area contributed by atoms with E-state index in [9.17, 15) is 21.6 Å². The highest BCUT2D eigenvalue weighted by molar-refractivity contribution is 7.90. The van der Waals surface area contributed by atoms with Crippen LogP contribution in [0, 0.1) is 5.92 Å². The molecule has 0 saturated carbocycles. The molecule has 0 spiro atoms. The molecule has 1 fully saturated rings. The van der Waals surface area contributed by atoms with Gasteiger partial charge in [0.1, 0.15) is 5.75 Å². The van der Waals surface area contributed by atoms with Crippen LogP contribution in [0.5, 0.6) is 5.75 Å². The maximum absolute atomic E-state index is 12.9. The van der Waals surface area contributed by atoms with Crippen LogP contribution in [0.1, 0.15) is 12.8 Å². The van der Waals surface area contributed by atoms with Gasteiger partial charge in [0.25, 0.3) is 0 Å². The number of nitrogens with zero attached hydrogens (tertiary/aromatic N) is 1. The van der Waals surface area contributed by atoms with Crippen molar-refractivity contribution in [1.29, 1.82) is 0 Å². The molecule has 2 aromatic rings. The van der Waals surface area contributed by atoms with Gasteiger partial charge in [-0.05, 0) is 61.4 Å². The Morgan fingerprint density at radius 1 is 1.00 bits per heavy atom. The summed E-state index contributed by atoms with van der Waals surface area (Å²) in [5.74, 6) is -0.232. The number of nitrogens with one attached hydrogen (secondary N) is 1. The van der Waals surface area contributed by atoms with Gasteiger partial charge in [-0.3, -0.25) is 4.79 Å². The molecule has 1 saturated heterocycles. The van der Waals surface area contributed by atoms with E-state index >= 15 is 0 Å². The summed E-state index contributed by atoms with van der Waals surface area (Å²) >= 11 is 0. The molecule has 30 heavy (non-hydrogen) atoms. The molecule has 10 heteroatoms. The molecule has 0 aliphatic carbocycles. The molecule has 0 bridgehead atoms. The molecule has 1 N–H and O–H groups in total. The average Bonchev–Trinajstić information content (AvgIpc) is 2.73. The minimum atomic E-state index is -3.72. The van der Waals surface area contributed by atoms with Crippen LogP contribution in [0.25, 0.3) is 0 Å². The van der Waals surface area contributed by atoms with Gasteiger partial charge >= 0.3 is 0 Å². The van der Waals surface area contributed by atoms with Gasteiger partial charge < -0.3 is 10.1 Å². The van der Waals surface area contributed by atoms with E-state index in [-0.39, 0.29) is 22.2 Å². The number of ether oxygens (including phenoxy) is 1. The number of rotatable bonds is 6. The van der Waals surface area contributed by atoms with E-state index < -0.39 is 25.8 Å². The van der Waals surface area contributed by atoms with Crippen molar-refractivity contribution in [3.05, 3.63) is 48.5 Å². The SMILES string of the molecule is COc1ccc(S(=O)(=O)N2CCCC(C(=O)Nc3ccc(S(C)(=O)=O)cc3)C2)cc1. The third-order valence-electron chi connectivity index (χ3n) is 5.00. The summed E-state index contributed by atoms with van der Waals surface area (Å²) in [6.07, 6.45) is 2.25. The molecule has 8 nitrogen and oxygen atoms in total. The fourth-order valence-corrected chi connectivity index (χ4v) is 5.46. The van der Waals surface area contributed by atoms with E-state index in [1.807, 2.05) is 0 Å². The molecule has 1 unspecified atom stereocenters. The smallest absolute Gasteiger partial charge is 0.243 e. The van der Waals surface area contributed by atoms with E-state index in [1.165, 1.54) is 47.8 Å². The molecule has 3 rings (SSSR count). The normalized spacial score (nSPS) is 18.0. The Kier molecular flexibility index (Phi) is 6.49. The highest BCUT2D eigenvalue weighted by atomic mass is 32.2. The third kappa shape index (κ3) is 5.00. The van der Waals surface area contributed by atoms with Gasteiger partial charge in [0, 0.05) is 25.0 Å². The van der Waals surface area contributed by atoms with E-state index in [0.717, 1.165) is 6.26 Å². The van der Waals surface area contributed by atoms with Crippen molar-refractivity contribution in [2.45, 2.75) is 22.6 Å². The predicted molar refractivity (Wildman–Crippen MR) is 113 cm³/mol. The molecule has 2 aromatic carbocycles.